The molecule has 2 aromatic carbocycles. The fourth-order valence-corrected chi connectivity index (χ4v) is 2.11. The van der Waals surface area contributed by atoms with E-state index in [-0.39, 0.29) is 5.12 Å². The molecule has 0 aliphatic carbocycles. The first kappa shape index (κ1) is 12.0. The van der Waals surface area contributed by atoms with E-state index in [9.17, 15) is 4.79 Å². The van der Waals surface area contributed by atoms with Crippen molar-refractivity contribution >= 4 is 27.6 Å². The van der Waals surface area contributed by atoms with Crippen LogP contribution in [0.5, 0.6) is 5.75 Å². The van der Waals surface area contributed by atoms with Crippen molar-refractivity contribution in [2.24, 2.45) is 0 Å². The maximum atomic E-state index is 10.8. The van der Waals surface area contributed by atoms with E-state index in [1.54, 1.807) is 6.92 Å². The number of carbonyl (C=O) groups is 1. The Bertz CT molecular complexity index is 517. The molecule has 0 N–H and O–H groups in total. The standard InChI is InChI=1S/C14H14O2S/c1-11(15)17-10-9-16-14-8-4-6-12-5-2-3-7-13(12)14/h2-8H,9-10H2,1H3. The molecule has 0 aliphatic rings. The van der Waals surface area contributed by atoms with Gasteiger partial charge in [0.1, 0.15) is 5.75 Å². The molecule has 0 unspecified atom stereocenters. The van der Waals surface area contributed by atoms with Crippen molar-refractivity contribution in [1.82, 2.24) is 0 Å². The van der Waals surface area contributed by atoms with Crippen molar-refractivity contribution in [3.8, 4) is 5.75 Å². The molecule has 0 saturated carbocycles. The van der Waals surface area contributed by atoms with E-state index >= 15 is 0 Å². The van der Waals surface area contributed by atoms with E-state index in [1.165, 1.54) is 17.1 Å². The van der Waals surface area contributed by atoms with E-state index in [1.807, 2.05) is 30.3 Å². The molecular formula is C14H14O2S. The van der Waals surface area contributed by atoms with Crippen molar-refractivity contribution < 1.29 is 9.53 Å². The van der Waals surface area contributed by atoms with Crippen LogP contribution in [0.3, 0.4) is 0 Å². The second-order valence-corrected chi connectivity index (χ2v) is 4.94. The van der Waals surface area contributed by atoms with Crippen molar-refractivity contribution in [1.29, 1.82) is 0 Å². The fraction of sp³-hybridized carbons (Fsp3) is 0.214. The zero-order valence-corrected chi connectivity index (χ0v) is 10.5. The molecule has 0 amide bonds. The highest BCUT2D eigenvalue weighted by Crippen LogP contribution is 2.25. The van der Waals surface area contributed by atoms with Crippen LogP contribution in [0.1, 0.15) is 6.92 Å². The lowest BCUT2D eigenvalue weighted by molar-refractivity contribution is -0.109. The van der Waals surface area contributed by atoms with Crippen molar-refractivity contribution in [3.05, 3.63) is 42.5 Å². The molecule has 0 saturated heterocycles. The summed E-state index contributed by atoms with van der Waals surface area (Å²) in [4.78, 5) is 10.8. The van der Waals surface area contributed by atoms with Gasteiger partial charge in [0, 0.05) is 18.1 Å². The molecule has 3 heteroatoms. The molecular weight excluding hydrogens is 232 g/mol. The van der Waals surface area contributed by atoms with E-state index in [4.69, 9.17) is 4.74 Å². The van der Waals surface area contributed by atoms with Crippen molar-refractivity contribution in [2.75, 3.05) is 12.4 Å². The number of benzene rings is 2. The minimum Gasteiger partial charge on any atom is -0.492 e. The predicted molar refractivity (Wildman–Crippen MR) is 72.6 cm³/mol. The van der Waals surface area contributed by atoms with Crippen LogP contribution in [0.2, 0.25) is 0 Å². The summed E-state index contributed by atoms with van der Waals surface area (Å²) < 4.78 is 5.70. The van der Waals surface area contributed by atoms with Crippen LogP contribution < -0.4 is 4.74 Å². The van der Waals surface area contributed by atoms with Crippen LogP contribution >= 0.6 is 11.8 Å². The van der Waals surface area contributed by atoms with Gasteiger partial charge in [0.15, 0.2) is 5.12 Å². The fourth-order valence-electron chi connectivity index (χ4n) is 1.66. The molecule has 0 atom stereocenters. The van der Waals surface area contributed by atoms with Crippen LogP contribution in [0.25, 0.3) is 10.8 Å². The molecule has 0 spiro atoms. The molecule has 0 fully saturated rings. The zero-order chi connectivity index (χ0) is 12.1. The lowest BCUT2D eigenvalue weighted by atomic mass is 10.1. The Morgan fingerprint density at radius 3 is 2.76 bits per heavy atom. The number of carbonyl (C=O) groups excluding carboxylic acids is 1. The summed E-state index contributed by atoms with van der Waals surface area (Å²) >= 11 is 1.29. The Hall–Kier alpha value is -1.48. The third-order valence-corrected chi connectivity index (χ3v) is 3.17. The molecule has 2 nitrogen and oxygen atoms in total. The Kier molecular flexibility index (Phi) is 4.04. The summed E-state index contributed by atoms with van der Waals surface area (Å²) in [6.07, 6.45) is 0. The van der Waals surface area contributed by atoms with Crippen LogP contribution in [-0.4, -0.2) is 17.5 Å². The SMILES string of the molecule is CC(=O)SCCOc1cccc2ccccc12. The quantitative estimate of drug-likeness (QED) is 0.772. The monoisotopic (exact) mass is 246 g/mol. The predicted octanol–water partition coefficient (Wildman–Crippen LogP) is 3.50. The Labute approximate surface area is 105 Å². The average molecular weight is 246 g/mol. The van der Waals surface area contributed by atoms with Gasteiger partial charge < -0.3 is 4.74 Å². The molecule has 2 rings (SSSR count). The smallest absolute Gasteiger partial charge is 0.185 e. The Balaban J connectivity index is 2.05. The van der Waals surface area contributed by atoms with Crippen molar-refractivity contribution in [3.63, 3.8) is 0 Å². The number of hydrogen-bond acceptors (Lipinski definition) is 3. The van der Waals surface area contributed by atoms with Gasteiger partial charge >= 0.3 is 0 Å². The summed E-state index contributed by atoms with van der Waals surface area (Å²) in [5, 5.41) is 2.42. The molecule has 0 heterocycles. The highest BCUT2D eigenvalue weighted by molar-refractivity contribution is 8.13. The first-order chi connectivity index (χ1) is 8.27. The number of hydrogen-bond donors (Lipinski definition) is 0. The second kappa shape index (κ2) is 5.73. The third-order valence-electron chi connectivity index (χ3n) is 2.40. The number of fused-ring (bicyclic) bond motifs is 1. The first-order valence-electron chi connectivity index (χ1n) is 5.51. The number of ether oxygens (including phenoxy) is 1. The van der Waals surface area contributed by atoms with Gasteiger partial charge in [0.05, 0.1) is 6.61 Å². The van der Waals surface area contributed by atoms with Gasteiger partial charge in [-0.3, -0.25) is 4.79 Å². The van der Waals surface area contributed by atoms with Crippen LogP contribution in [-0.2, 0) is 4.79 Å². The van der Waals surface area contributed by atoms with Gasteiger partial charge in [-0.2, -0.15) is 0 Å². The molecule has 0 aliphatic heterocycles. The van der Waals surface area contributed by atoms with E-state index in [0.717, 1.165) is 11.1 Å². The lowest BCUT2D eigenvalue weighted by Crippen LogP contribution is -2.02. The second-order valence-electron chi connectivity index (χ2n) is 3.67. The van der Waals surface area contributed by atoms with E-state index in [0.29, 0.717) is 12.4 Å². The van der Waals surface area contributed by atoms with E-state index in [2.05, 4.69) is 12.1 Å². The van der Waals surface area contributed by atoms with Gasteiger partial charge in [-0.05, 0) is 11.5 Å². The Morgan fingerprint density at radius 1 is 1.18 bits per heavy atom. The van der Waals surface area contributed by atoms with Gasteiger partial charge in [0.25, 0.3) is 0 Å². The third kappa shape index (κ3) is 3.24. The summed E-state index contributed by atoms with van der Waals surface area (Å²) in [6, 6.07) is 14.1. The molecule has 2 aromatic rings. The maximum absolute atomic E-state index is 10.8. The highest BCUT2D eigenvalue weighted by atomic mass is 32.2. The summed E-state index contributed by atoms with van der Waals surface area (Å²) in [6.45, 7) is 2.13. The minimum atomic E-state index is 0.131. The first-order valence-corrected chi connectivity index (χ1v) is 6.50. The zero-order valence-electron chi connectivity index (χ0n) is 9.68. The van der Waals surface area contributed by atoms with Crippen LogP contribution in [0.4, 0.5) is 0 Å². The molecule has 17 heavy (non-hydrogen) atoms. The lowest BCUT2D eigenvalue weighted by Gasteiger charge is -2.08. The summed E-state index contributed by atoms with van der Waals surface area (Å²) in [5.41, 5.74) is 0. The summed E-state index contributed by atoms with van der Waals surface area (Å²) in [7, 11) is 0. The average Bonchev–Trinajstić information content (AvgIpc) is 2.34. The van der Waals surface area contributed by atoms with Gasteiger partial charge in [0.2, 0.25) is 0 Å². The van der Waals surface area contributed by atoms with Gasteiger partial charge in [-0.25, -0.2) is 0 Å². The minimum absolute atomic E-state index is 0.131. The van der Waals surface area contributed by atoms with Gasteiger partial charge in [-0.1, -0.05) is 48.2 Å². The van der Waals surface area contributed by atoms with Crippen molar-refractivity contribution in [2.45, 2.75) is 6.92 Å². The van der Waals surface area contributed by atoms with E-state index < -0.39 is 0 Å². The number of rotatable bonds is 4. The molecule has 88 valence electrons. The maximum Gasteiger partial charge on any atom is 0.185 e. The van der Waals surface area contributed by atoms with Crippen LogP contribution in [0, 0.1) is 0 Å². The largest absolute Gasteiger partial charge is 0.492 e. The normalized spacial score (nSPS) is 10.4. The molecule has 0 bridgehead atoms. The molecule has 0 radical (unpaired) electrons. The van der Waals surface area contributed by atoms with Gasteiger partial charge in [-0.15, -0.1) is 0 Å². The highest BCUT2D eigenvalue weighted by Gasteiger charge is 2.01. The Morgan fingerprint density at radius 2 is 1.94 bits per heavy atom. The topological polar surface area (TPSA) is 26.3 Å². The van der Waals surface area contributed by atoms with Crippen LogP contribution in [0.15, 0.2) is 42.5 Å². The number of thioether (sulfide) groups is 1. The molecule has 0 aromatic heterocycles. The summed E-state index contributed by atoms with van der Waals surface area (Å²) in [5.74, 6) is 1.57.